The molecule has 1 aromatic rings. The van der Waals surface area contributed by atoms with Crippen LogP contribution in [0.15, 0.2) is 11.4 Å². The van der Waals surface area contributed by atoms with E-state index >= 15 is 0 Å². The molecule has 2 N–H and O–H groups in total. The standard InChI is InChI=1S/C14H17F3N2S/c15-14(16,17)12-3-6-19(7-4-12)9-13-8-11(10-20-13)2-1-5-18/h8,10,12H,3-7,9,18H2. The van der Waals surface area contributed by atoms with Crippen LogP contribution >= 0.6 is 11.3 Å². The zero-order valence-electron chi connectivity index (χ0n) is 11.0. The van der Waals surface area contributed by atoms with Crippen LogP contribution in [0, 0.1) is 17.8 Å². The van der Waals surface area contributed by atoms with Crippen molar-refractivity contribution >= 4 is 11.3 Å². The number of nitrogens with two attached hydrogens (primary N) is 1. The van der Waals surface area contributed by atoms with Crippen molar-refractivity contribution in [1.29, 1.82) is 0 Å². The van der Waals surface area contributed by atoms with Gasteiger partial charge in [0.25, 0.3) is 0 Å². The Labute approximate surface area is 120 Å². The second-order valence-corrected chi connectivity index (χ2v) is 5.90. The fourth-order valence-corrected chi connectivity index (χ4v) is 3.18. The molecule has 0 spiro atoms. The van der Waals surface area contributed by atoms with Gasteiger partial charge in [0, 0.05) is 22.4 Å². The summed E-state index contributed by atoms with van der Waals surface area (Å²) in [6.45, 7) is 2.05. The summed E-state index contributed by atoms with van der Waals surface area (Å²) < 4.78 is 37.7. The third-order valence-electron chi connectivity index (χ3n) is 3.42. The van der Waals surface area contributed by atoms with Crippen molar-refractivity contribution in [3.63, 3.8) is 0 Å². The van der Waals surface area contributed by atoms with E-state index in [2.05, 4.69) is 16.7 Å². The van der Waals surface area contributed by atoms with Crippen LogP contribution in [0.5, 0.6) is 0 Å². The first-order valence-electron chi connectivity index (χ1n) is 6.54. The van der Waals surface area contributed by atoms with Gasteiger partial charge < -0.3 is 5.73 Å². The second-order valence-electron chi connectivity index (χ2n) is 4.90. The van der Waals surface area contributed by atoms with Gasteiger partial charge in [-0.2, -0.15) is 13.2 Å². The molecule has 0 atom stereocenters. The molecule has 0 saturated carbocycles. The maximum absolute atomic E-state index is 12.6. The molecule has 1 aromatic heterocycles. The Morgan fingerprint density at radius 2 is 2.05 bits per heavy atom. The molecule has 0 bridgehead atoms. The Morgan fingerprint density at radius 1 is 1.35 bits per heavy atom. The van der Waals surface area contributed by atoms with Gasteiger partial charge >= 0.3 is 6.18 Å². The molecule has 2 rings (SSSR count). The van der Waals surface area contributed by atoms with Gasteiger partial charge in [0.2, 0.25) is 0 Å². The summed E-state index contributed by atoms with van der Waals surface area (Å²) in [5, 5.41) is 1.96. The molecule has 0 aromatic carbocycles. The molecule has 1 aliphatic rings. The average Bonchev–Trinajstić information content (AvgIpc) is 2.83. The van der Waals surface area contributed by atoms with Gasteiger partial charge in [-0.3, -0.25) is 4.90 Å². The van der Waals surface area contributed by atoms with Crippen molar-refractivity contribution < 1.29 is 13.2 Å². The van der Waals surface area contributed by atoms with E-state index in [0.717, 1.165) is 10.4 Å². The molecule has 0 aliphatic carbocycles. The highest BCUT2D eigenvalue weighted by molar-refractivity contribution is 7.10. The fraction of sp³-hybridized carbons (Fsp3) is 0.571. The number of piperidine rings is 1. The topological polar surface area (TPSA) is 29.3 Å². The summed E-state index contributed by atoms with van der Waals surface area (Å²) in [5.74, 6) is 4.62. The maximum Gasteiger partial charge on any atom is 0.391 e. The fourth-order valence-electron chi connectivity index (χ4n) is 2.32. The Kier molecular flexibility index (Phi) is 5.08. The van der Waals surface area contributed by atoms with Gasteiger partial charge in [-0.15, -0.1) is 11.3 Å². The summed E-state index contributed by atoms with van der Waals surface area (Å²) in [6, 6.07) is 1.99. The Balaban J connectivity index is 1.85. The zero-order valence-corrected chi connectivity index (χ0v) is 11.9. The molecule has 1 saturated heterocycles. The van der Waals surface area contributed by atoms with Gasteiger partial charge in [-0.05, 0) is 32.0 Å². The van der Waals surface area contributed by atoms with Crippen molar-refractivity contribution in [2.24, 2.45) is 11.7 Å². The van der Waals surface area contributed by atoms with Gasteiger partial charge in [-0.1, -0.05) is 11.8 Å². The minimum absolute atomic E-state index is 0.203. The quantitative estimate of drug-likeness (QED) is 0.851. The molecule has 0 unspecified atom stereocenters. The first kappa shape index (κ1) is 15.4. The van der Waals surface area contributed by atoms with Crippen LogP contribution in [0.25, 0.3) is 0 Å². The van der Waals surface area contributed by atoms with E-state index in [0.29, 0.717) is 26.2 Å². The van der Waals surface area contributed by atoms with E-state index in [-0.39, 0.29) is 12.8 Å². The van der Waals surface area contributed by atoms with E-state index in [1.807, 2.05) is 11.4 Å². The van der Waals surface area contributed by atoms with Crippen LogP contribution in [-0.2, 0) is 6.54 Å². The van der Waals surface area contributed by atoms with Gasteiger partial charge in [0.05, 0.1) is 12.5 Å². The Morgan fingerprint density at radius 3 is 2.65 bits per heavy atom. The predicted molar refractivity (Wildman–Crippen MR) is 74.3 cm³/mol. The van der Waals surface area contributed by atoms with Gasteiger partial charge in [0.1, 0.15) is 0 Å². The summed E-state index contributed by atoms with van der Waals surface area (Å²) >= 11 is 1.59. The summed E-state index contributed by atoms with van der Waals surface area (Å²) in [7, 11) is 0. The van der Waals surface area contributed by atoms with E-state index in [4.69, 9.17) is 5.73 Å². The molecular formula is C14H17F3N2S. The minimum Gasteiger partial charge on any atom is -0.320 e. The van der Waals surface area contributed by atoms with Crippen LogP contribution in [0.1, 0.15) is 23.3 Å². The van der Waals surface area contributed by atoms with Crippen molar-refractivity contribution in [2.75, 3.05) is 19.6 Å². The van der Waals surface area contributed by atoms with Crippen LogP contribution in [0.3, 0.4) is 0 Å². The highest BCUT2D eigenvalue weighted by Gasteiger charge is 2.40. The monoisotopic (exact) mass is 302 g/mol. The van der Waals surface area contributed by atoms with Crippen LogP contribution in [0.2, 0.25) is 0 Å². The predicted octanol–water partition coefficient (Wildman–Crippen LogP) is 2.83. The van der Waals surface area contributed by atoms with Crippen molar-refractivity contribution in [1.82, 2.24) is 4.90 Å². The van der Waals surface area contributed by atoms with Gasteiger partial charge in [-0.25, -0.2) is 0 Å². The smallest absolute Gasteiger partial charge is 0.320 e. The first-order valence-corrected chi connectivity index (χ1v) is 7.42. The highest BCUT2D eigenvalue weighted by Crippen LogP contribution is 2.34. The van der Waals surface area contributed by atoms with Crippen molar-refractivity contribution in [3.8, 4) is 11.8 Å². The number of thiophene rings is 1. The van der Waals surface area contributed by atoms with Crippen LogP contribution in [-0.4, -0.2) is 30.7 Å². The largest absolute Gasteiger partial charge is 0.391 e. The maximum atomic E-state index is 12.6. The molecule has 0 radical (unpaired) electrons. The molecule has 0 amide bonds. The zero-order chi connectivity index (χ0) is 14.6. The van der Waals surface area contributed by atoms with Crippen molar-refractivity contribution in [2.45, 2.75) is 25.6 Å². The second kappa shape index (κ2) is 6.61. The third kappa shape index (κ3) is 4.23. The number of likely N-dealkylation sites (tertiary alicyclic amines) is 1. The Bertz CT molecular complexity index is 490. The SMILES string of the molecule is NCC#Cc1csc(CN2CCC(C(F)(F)F)CC2)c1. The lowest BCUT2D eigenvalue weighted by Crippen LogP contribution is -2.38. The number of hydrogen-bond acceptors (Lipinski definition) is 3. The van der Waals surface area contributed by atoms with Crippen LogP contribution in [0.4, 0.5) is 13.2 Å². The van der Waals surface area contributed by atoms with Crippen molar-refractivity contribution in [3.05, 3.63) is 21.9 Å². The minimum atomic E-state index is -4.04. The van der Waals surface area contributed by atoms with Gasteiger partial charge in [0.15, 0.2) is 0 Å². The summed E-state index contributed by atoms with van der Waals surface area (Å²) in [5.41, 5.74) is 6.24. The normalized spacial score (nSPS) is 17.8. The number of alkyl halides is 3. The number of halogens is 3. The van der Waals surface area contributed by atoms with E-state index < -0.39 is 12.1 Å². The van der Waals surface area contributed by atoms with E-state index in [1.165, 1.54) is 0 Å². The molecule has 2 nitrogen and oxygen atoms in total. The Hall–Kier alpha value is -1.03. The summed E-state index contributed by atoms with van der Waals surface area (Å²) in [6.07, 6.45) is -3.64. The number of hydrogen-bond donors (Lipinski definition) is 1. The number of rotatable bonds is 2. The lowest BCUT2D eigenvalue weighted by atomic mass is 9.96. The molecule has 20 heavy (non-hydrogen) atoms. The number of nitrogens with zero attached hydrogens (tertiary/aromatic N) is 1. The molecule has 1 aliphatic heterocycles. The lowest BCUT2D eigenvalue weighted by Gasteiger charge is -2.32. The van der Waals surface area contributed by atoms with Crippen LogP contribution < -0.4 is 5.73 Å². The molecule has 110 valence electrons. The third-order valence-corrected chi connectivity index (χ3v) is 4.34. The highest BCUT2D eigenvalue weighted by atomic mass is 32.1. The first-order chi connectivity index (χ1) is 9.49. The summed E-state index contributed by atoms with van der Waals surface area (Å²) in [4.78, 5) is 3.21. The molecule has 6 heteroatoms. The molecular weight excluding hydrogens is 285 g/mol. The van der Waals surface area contributed by atoms with E-state index in [9.17, 15) is 13.2 Å². The average molecular weight is 302 g/mol. The molecule has 1 fully saturated rings. The van der Waals surface area contributed by atoms with E-state index in [1.54, 1.807) is 11.3 Å². The molecule has 2 heterocycles. The lowest BCUT2D eigenvalue weighted by molar-refractivity contribution is -0.185.